The first-order valence-electron chi connectivity index (χ1n) is 7.25. The molecule has 1 aliphatic rings. The van der Waals surface area contributed by atoms with Gasteiger partial charge in [-0.05, 0) is 43.4 Å². The molecule has 0 saturated carbocycles. The van der Waals surface area contributed by atoms with Crippen LogP contribution in [0.15, 0.2) is 36.4 Å². The van der Waals surface area contributed by atoms with Crippen LogP contribution in [0.5, 0.6) is 5.75 Å². The average Bonchev–Trinajstić information content (AvgIpc) is 2.46. The molecular formula is C19H25NO. The van der Waals surface area contributed by atoms with E-state index in [2.05, 4.69) is 50.2 Å². The number of hydrogen-bond acceptors (Lipinski definition) is 2. The lowest BCUT2D eigenvalue weighted by molar-refractivity contribution is 0.182. The molecule has 3 rings (SSSR count). The maximum Gasteiger partial charge on any atom is 0.130 e. The van der Waals surface area contributed by atoms with Crippen LogP contribution in [0.25, 0.3) is 11.1 Å². The number of rotatable bonds is 2. The summed E-state index contributed by atoms with van der Waals surface area (Å²) in [5.41, 5.74) is 12.1. The van der Waals surface area contributed by atoms with E-state index >= 15 is 0 Å². The molecule has 0 aromatic heterocycles. The summed E-state index contributed by atoms with van der Waals surface area (Å²) in [6.07, 6.45) is 2.21. The van der Waals surface area contributed by atoms with Crippen LogP contribution in [0.4, 0.5) is 0 Å². The number of ether oxygens (including phenoxy) is 1. The summed E-state index contributed by atoms with van der Waals surface area (Å²) >= 11 is 0. The maximum atomic E-state index is 6.13. The molecular weight excluding hydrogens is 258 g/mol. The van der Waals surface area contributed by atoms with Gasteiger partial charge in [-0.3, -0.25) is 0 Å². The Kier molecular flexibility index (Phi) is 4.69. The van der Waals surface area contributed by atoms with Crippen LogP contribution in [0.2, 0.25) is 0 Å². The highest BCUT2D eigenvalue weighted by Crippen LogP contribution is 2.38. The third-order valence-corrected chi connectivity index (χ3v) is 4.05. The molecule has 0 unspecified atom stereocenters. The highest BCUT2D eigenvalue weighted by Gasteiger charge is 2.22. The summed E-state index contributed by atoms with van der Waals surface area (Å²) in [5, 5.41) is 0. The smallest absolute Gasteiger partial charge is 0.130 e. The number of nitrogens with two attached hydrogens (primary N) is 1. The SMILES string of the molecule is C.Cc1ccc(-c2cccc3c2O[C@@H](CN)CC3)c(C)c1. The van der Waals surface area contributed by atoms with Gasteiger partial charge in [0.25, 0.3) is 0 Å². The minimum Gasteiger partial charge on any atom is -0.488 e. The molecule has 1 atom stereocenters. The molecule has 0 radical (unpaired) electrons. The summed E-state index contributed by atoms with van der Waals surface area (Å²) in [5.74, 6) is 1.03. The number of fused-ring (bicyclic) bond motifs is 1. The fourth-order valence-electron chi connectivity index (χ4n) is 2.96. The van der Waals surface area contributed by atoms with Crippen molar-refractivity contribution in [3.05, 3.63) is 53.1 Å². The molecule has 2 N–H and O–H groups in total. The van der Waals surface area contributed by atoms with E-state index in [-0.39, 0.29) is 13.5 Å². The first-order valence-corrected chi connectivity index (χ1v) is 7.25. The van der Waals surface area contributed by atoms with Gasteiger partial charge in [0.05, 0.1) is 0 Å². The quantitative estimate of drug-likeness (QED) is 0.894. The van der Waals surface area contributed by atoms with Gasteiger partial charge in [0.2, 0.25) is 0 Å². The van der Waals surface area contributed by atoms with Crippen molar-refractivity contribution in [2.45, 2.75) is 40.2 Å². The zero-order chi connectivity index (χ0) is 14.1. The largest absolute Gasteiger partial charge is 0.488 e. The van der Waals surface area contributed by atoms with Crippen molar-refractivity contribution in [2.75, 3.05) is 6.54 Å². The standard InChI is InChI=1S/C18H21NO.CH4/c1-12-6-9-16(13(2)10-12)17-5-3-4-14-7-8-15(11-19)20-18(14)17;/h3-6,9-10,15H,7-8,11,19H2,1-2H3;1H4/t15-;/m1./s1. The van der Waals surface area contributed by atoms with Gasteiger partial charge in [0, 0.05) is 12.1 Å². The van der Waals surface area contributed by atoms with E-state index in [1.807, 2.05) is 0 Å². The summed E-state index contributed by atoms with van der Waals surface area (Å²) in [7, 11) is 0. The van der Waals surface area contributed by atoms with Crippen molar-refractivity contribution in [3.63, 3.8) is 0 Å². The molecule has 0 bridgehead atoms. The summed E-state index contributed by atoms with van der Waals surface area (Å²) in [6.45, 7) is 4.86. The van der Waals surface area contributed by atoms with E-state index in [1.165, 1.54) is 27.8 Å². The van der Waals surface area contributed by atoms with Crippen molar-refractivity contribution in [2.24, 2.45) is 5.73 Å². The average molecular weight is 283 g/mol. The van der Waals surface area contributed by atoms with Gasteiger partial charge in [-0.1, -0.05) is 49.4 Å². The monoisotopic (exact) mass is 283 g/mol. The lowest BCUT2D eigenvalue weighted by atomic mass is 9.93. The fraction of sp³-hybridized carbons (Fsp3) is 0.368. The van der Waals surface area contributed by atoms with Gasteiger partial charge in [-0.25, -0.2) is 0 Å². The zero-order valence-corrected chi connectivity index (χ0v) is 12.1. The number of para-hydroxylation sites is 1. The maximum absolute atomic E-state index is 6.13. The first kappa shape index (κ1) is 15.6. The molecule has 0 spiro atoms. The number of aryl methyl sites for hydroxylation is 3. The van der Waals surface area contributed by atoms with Crippen LogP contribution < -0.4 is 10.5 Å². The molecule has 2 aromatic carbocycles. The molecule has 1 heterocycles. The predicted molar refractivity (Wildman–Crippen MR) is 89.9 cm³/mol. The normalized spacial score (nSPS) is 16.6. The third-order valence-electron chi connectivity index (χ3n) is 4.05. The van der Waals surface area contributed by atoms with Gasteiger partial charge in [0.1, 0.15) is 11.9 Å². The second-order valence-electron chi connectivity index (χ2n) is 5.63. The Morgan fingerprint density at radius 3 is 2.67 bits per heavy atom. The second-order valence-corrected chi connectivity index (χ2v) is 5.63. The Hall–Kier alpha value is -1.80. The Labute approximate surface area is 127 Å². The predicted octanol–water partition coefficient (Wildman–Crippen LogP) is 4.26. The van der Waals surface area contributed by atoms with E-state index in [0.717, 1.165) is 18.6 Å². The first-order chi connectivity index (χ1) is 9.69. The van der Waals surface area contributed by atoms with Crippen LogP contribution in [0.3, 0.4) is 0 Å². The molecule has 2 nitrogen and oxygen atoms in total. The lowest BCUT2D eigenvalue weighted by Crippen LogP contribution is -2.30. The van der Waals surface area contributed by atoms with Crippen LogP contribution >= 0.6 is 0 Å². The topological polar surface area (TPSA) is 35.2 Å². The molecule has 112 valence electrons. The van der Waals surface area contributed by atoms with E-state index in [0.29, 0.717) is 6.54 Å². The van der Waals surface area contributed by atoms with Crippen molar-refractivity contribution in [3.8, 4) is 16.9 Å². The third kappa shape index (κ3) is 2.96. The Morgan fingerprint density at radius 1 is 1.14 bits per heavy atom. The Bertz CT molecular complexity index is 633. The molecule has 2 heteroatoms. The van der Waals surface area contributed by atoms with E-state index in [1.54, 1.807) is 0 Å². The Morgan fingerprint density at radius 2 is 1.95 bits per heavy atom. The van der Waals surface area contributed by atoms with Gasteiger partial charge < -0.3 is 10.5 Å². The summed E-state index contributed by atoms with van der Waals surface area (Å²) in [6, 6.07) is 13.0. The molecule has 1 aliphatic heterocycles. The molecule has 0 fully saturated rings. The molecule has 2 aromatic rings. The summed E-state index contributed by atoms with van der Waals surface area (Å²) < 4.78 is 6.13. The van der Waals surface area contributed by atoms with Crippen LogP contribution in [0.1, 0.15) is 30.5 Å². The molecule has 21 heavy (non-hydrogen) atoms. The van der Waals surface area contributed by atoms with Gasteiger partial charge in [-0.15, -0.1) is 0 Å². The van der Waals surface area contributed by atoms with Crippen molar-refractivity contribution >= 4 is 0 Å². The highest BCUT2D eigenvalue weighted by atomic mass is 16.5. The minimum absolute atomic E-state index is 0. The van der Waals surface area contributed by atoms with Crippen LogP contribution in [0, 0.1) is 13.8 Å². The van der Waals surface area contributed by atoms with Gasteiger partial charge in [-0.2, -0.15) is 0 Å². The fourth-order valence-corrected chi connectivity index (χ4v) is 2.96. The van der Waals surface area contributed by atoms with E-state index in [9.17, 15) is 0 Å². The van der Waals surface area contributed by atoms with Crippen molar-refractivity contribution in [1.29, 1.82) is 0 Å². The van der Waals surface area contributed by atoms with Gasteiger partial charge >= 0.3 is 0 Å². The second kappa shape index (κ2) is 6.31. The molecule has 0 aliphatic carbocycles. The van der Waals surface area contributed by atoms with E-state index in [4.69, 9.17) is 10.5 Å². The van der Waals surface area contributed by atoms with Crippen LogP contribution in [-0.4, -0.2) is 12.6 Å². The van der Waals surface area contributed by atoms with Crippen LogP contribution in [-0.2, 0) is 6.42 Å². The van der Waals surface area contributed by atoms with E-state index < -0.39 is 0 Å². The lowest BCUT2D eigenvalue weighted by Gasteiger charge is -2.27. The zero-order valence-electron chi connectivity index (χ0n) is 12.1. The summed E-state index contributed by atoms with van der Waals surface area (Å²) in [4.78, 5) is 0. The van der Waals surface area contributed by atoms with Crippen molar-refractivity contribution in [1.82, 2.24) is 0 Å². The Balaban J connectivity index is 0.00000161. The number of benzene rings is 2. The highest BCUT2D eigenvalue weighted by molar-refractivity contribution is 5.75. The number of hydrogen-bond donors (Lipinski definition) is 1. The van der Waals surface area contributed by atoms with Gasteiger partial charge in [0.15, 0.2) is 0 Å². The van der Waals surface area contributed by atoms with Crippen molar-refractivity contribution < 1.29 is 4.74 Å². The molecule has 0 amide bonds. The molecule has 0 saturated heterocycles. The minimum atomic E-state index is 0.